The van der Waals surface area contributed by atoms with E-state index in [1.54, 1.807) is 24.5 Å². The van der Waals surface area contributed by atoms with Crippen LogP contribution in [0.15, 0.2) is 120 Å². The zero-order valence-corrected chi connectivity index (χ0v) is 40.5. The highest BCUT2D eigenvalue weighted by atomic mass is 35.5. The molecule has 0 bridgehead atoms. The Morgan fingerprint density at radius 2 is 1.77 bits per heavy atom. The number of halogens is 1. The van der Waals surface area contributed by atoms with Crippen LogP contribution in [-0.4, -0.2) is 111 Å². The Morgan fingerprint density at radius 3 is 2.55 bits per heavy atom. The molecule has 69 heavy (non-hydrogen) atoms. The molecular weight excluding hydrogens is 918 g/mol. The molecule has 4 heterocycles. The van der Waals surface area contributed by atoms with Gasteiger partial charge in [0.1, 0.15) is 23.8 Å². The number of morpholine rings is 1. The van der Waals surface area contributed by atoms with Crippen LogP contribution in [0.3, 0.4) is 0 Å². The molecule has 2 saturated heterocycles. The van der Waals surface area contributed by atoms with Gasteiger partial charge in [-0.1, -0.05) is 68.3 Å². The fraction of sp³-hybridized carbons (Fsp3) is 0.346. The number of H-pyrrole nitrogens is 1. The van der Waals surface area contributed by atoms with Crippen molar-refractivity contribution in [1.29, 1.82) is 0 Å². The average molecular weight is 975 g/mol. The Bertz CT molecular complexity index is 3010. The summed E-state index contributed by atoms with van der Waals surface area (Å²) in [6.45, 7) is 13.2. The van der Waals surface area contributed by atoms with E-state index in [1.165, 1.54) is 28.8 Å². The highest BCUT2D eigenvalue weighted by Crippen LogP contribution is 2.44. The summed E-state index contributed by atoms with van der Waals surface area (Å²) >= 11 is 6.28. The van der Waals surface area contributed by atoms with Crippen LogP contribution in [0.4, 0.5) is 11.4 Å². The fourth-order valence-electron chi connectivity index (χ4n) is 9.54. The van der Waals surface area contributed by atoms with Crippen LogP contribution in [0, 0.1) is 15.5 Å². The predicted octanol–water partition coefficient (Wildman–Crippen LogP) is 9.59. The molecule has 0 spiro atoms. The lowest BCUT2D eigenvalue weighted by Gasteiger charge is -2.39. The number of aromatic nitrogens is 2. The number of nitrogens with zero attached hydrogens (tertiary/aromatic N) is 5. The Balaban J connectivity index is 0.984. The number of sulfonamides is 1. The van der Waals surface area contributed by atoms with Crippen molar-refractivity contribution in [2.24, 2.45) is 5.41 Å². The Kier molecular flexibility index (Phi) is 14.1. The van der Waals surface area contributed by atoms with E-state index in [4.69, 9.17) is 25.8 Å². The summed E-state index contributed by atoms with van der Waals surface area (Å²) in [5, 5.41) is 13.9. The molecule has 0 saturated carbocycles. The number of allylic oxidation sites excluding steroid dienone is 1. The lowest BCUT2D eigenvalue weighted by Crippen LogP contribution is -2.48. The van der Waals surface area contributed by atoms with Crippen molar-refractivity contribution in [3.05, 3.63) is 141 Å². The molecule has 9 rings (SSSR count). The van der Waals surface area contributed by atoms with Gasteiger partial charge in [-0.05, 0) is 103 Å². The maximum atomic E-state index is 14.4. The molecule has 1 amide bonds. The number of piperazine rings is 1. The summed E-state index contributed by atoms with van der Waals surface area (Å²) in [6, 6.07) is 27.7. The number of anilines is 1. The number of fused-ring (bicyclic) bond motifs is 1. The van der Waals surface area contributed by atoms with E-state index in [1.807, 2.05) is 61.5 Å². The van der Waals surface area contributed by atoms with Gasteiger partial charge >= 0.3 is 5.69 Å². The van der Waals surface area contributed by atoms with Crippen molar-refractivity contribution < 1.29 is 32.3 Å². The van der Waals surface area contributed by atoms with Gasteiger partial charge in [-0.15, -0.1) is 0 Å². The molecule has 2 fully saturated rings. The standard InChI is InChI=1S/C52H56ClN7O8S/c1-4-58-25-26-66-33-40(58)34-67-49-16-14-42(29-47(49)60(62)63)69(64,65)56-51(61)44-15-13-39(28-45(44)43-7-5-6-8-48(43)68-41-27-36-18-20-54-50(36)55-31-41)59-23-21-57(22-24-59)32-37-17-19-52(2,3)30-46(37)35-9-11-38(53)12-10-35/h5-16,18,20,27-29,31,40H,4,17,19,21-26,30,32-34H2,1-3H3,(H,54,55)(H,56,61). The van der Waals surface area contributed by atoms with Crippen molar-refractivity contribution in [2.75, 3.05) is 70.5 Å². The molecule has 2 aliphatic heterocycles. The van der Waals surface area contributed by atoms with E-state index >= 15 is 0 Å². The van der Waals surface area contributed by atoms with E-state index < -0.39 is 31.4 Å². The van der Waals surface area contributed by atoms with E-state index in [2.05, 4.69) is 55.4 Å². The number of likely N-dealkylation sites (N-methyl/N-ethyl adjacent to an activating group) is 1. The third-order valence-corrected chi connectivity index (χ3v) is 15.0. The SMILES string of the molecule is CCN1CCOCC1COc1ccc(S(=O)(=O)NC(=O)c2ccc(N3CCN(CC4=C(c5ccc(Cl)cc5)CC(C)(C)CC4)CC3)cc2-c2ccccc2Oc2cnc3[nH]ccc3c2)cc1[N+](=O)[O-]. The largest absolute Gasteiger partial charge is 0.485 e. The molecule has 17 heteroatoms. The Morgan fingerprint density at radius 1 is 0.971 bits per heavy atom. The number of amides is 1. The van der Waals surface area contributed by atoms with Gasteiger partial charge in [0.15, 0.2) is 5.75 Å². The molecule has 1 aliphatic carbocycles. The van der Waals surface area contributed by atoms with Gasteiger partial charge in [-0.25, -0.2) is 18.1 Å². The Labute approximate surface area is 407 Å². The van der Waals surface area contributed by atoms with Gasteiger partial charge in [0, 0.05) is 84.3 Å². The number of rotatable bonds is 15. The van der Waals surface area contributed by atoms with Crippen LogP contribution in [-0.2, 0) is 14.8 Å². The van der Waals surface area contributed by atoms with E-state index in [0.717, 1.165) is 80.7 Å². The summed E-state index contributed by atoms with van der Waals surface area (Å²) in [5.41, 5.74) is 6.35. The molecule has 2 N–H and O–H groups in total. The maximum Gasteiger partial charge on any atom is 0.312 e. The highest BCUT2D eigenvalue weighted by molar-refractivity contribution is 7.90. The topological polar surface area (TPSA) is 172 Å². The number of pyridine rings is 1. The first-order valence-electron chi connectivity index (χ1n) is 23.3. The molecule has 1 unspecified atom stereocenters. The number of aromatic amines is 1. The van der Waals surface area contributed by atoms with Gasteiger partial charge < -0.3 is 24.1 Å². The van der Waals surface area contributed by atoms with E-state index in [-0.39, 0.29) is 29.4 Å². The van der Waals surface area contributed by atoms with Gasteiger partial charge in [0.05, 0.1) is 35.3 Å². The number of hydrogen-bond acceptors (Lipinski definition) is 12. The maximum absolute atomic E-state index is 14.4. The van der Waals surface area contributed by atoms with Crippen LogP contribution in [0.1, 0.15) is 56.0 Å². The third-order valence-electron chi connectivity index (χ3n) is 13.4. The van der Waals surface area contributed by atoms with Gasteiger partial charge in [0.25, 0.3) is 15.9 Å². The van der Waals surface area contributed by atoms with Crippen LogP contribution in [0.25, 0.3) is 27.7 Å². The summed E-state index contributed by atoms with van der Waals surface area (Å²) in [5.74, 6) is -0.130. The second kappa shape index (κ2) is 20.3. The summed E-state index contributed by atoms with van der Waals surface area (Å²) in [6.07, 6.45) is 6.57. The molecule has 3 aliphatic rings. The second-order valence-corrected chi connectivity index (χ2v) is 20.7. The molecule has 1 atom stereocenters. The molecule has 0 radical (unpaired) electrons. The quantitative estimate of drug-likeness (QED) is 0.0739. The monoisotopic (exact) mass is 973 g/mol. The van der Waals surface area contributed by atoms with Crippen molar-refractivity contribution in [2.45, 2.75) is 51.0 Å². The number of nitro benzene ring substituents is 1. The van der Waals surface area contributed by atoms with Crippen LogP contribution >= 0.6 is 11.6 Å². The number of carbonyl (C=O) groups excluding carboxylic acids is 1. The van der Waals surface area contributed by atoms with Crippen LogP contribution < -0.4 is 19.1 Å². The number of nitro groups is 1. The Hall–Kier alpha value is -6.30. The van der Waals surface area contributed by atoms with Gasteiger partial charge in [-0.2, -0.15) is 0 Å². The van der Waals surface area contributed by atoms with E-state index in [9.17, 15) is 23.3 Å². The first-order chi connectivity index (χ1) is 33.2. The first kappa shape index (κ1) is 47.8. The van der Waals surface area contributed by atoms with Crippen molar-refractivity contribution in [1.82, 2.24) is 24.5 Å². The molecule has 4 aromatic carbocycles. The zero-order chi connectivity index (χ0) is 48.3. The summed E-state index contributed by atoms with van der Waals surface area (Å²) < 4.78 is 48.1. The van der Waals surface area contributed by atoms with Crippen LogP contribution in [0.2, 0.25) is 5.02 Å². The average Bonchev–Trinajstić information content (AvgIpc) is 3.82. The predicted molar refractivity (Wildman–Crippen MR) is 268 cm³/mol. The lowest BCUT2D eigenvalue weighted by atomic mass is 9.72. The number of benzene rings is 4. The first-order valence-corrected chi connectivity index (χ1v) is 25.2. The zero-order valence-electron chi connectivity index (χ0n) is 39.0. The summed E-state index contributed by atoms with van der Waals surface area (Å²) in [7, 11) is -4.64. The van der Waals surface area contributed by atoms with Crippen molar-refractivity contribution in [3.63, 3.8) is 0 Å². The summed E-state index contributed by atoms with van der Waals surface area (Å²) in [4.78, 5) is 40.0. The molecule has 6 aromatic rings. The van der Waals surface area contributed by atoms with Gasteiger partial charge in [0.2, 0.25) is 0 Å². The third kappa shape index (κ3) is 11.0. The number of nitrogens with one attached hydrogen (secondary N) is 2. The van der Waals surface area contributed by atoms with Gasteiger partial charge in [-0.3, -0.25) is 24.7 Å². The normalized spacial score (nSPS) is 18.0. The van der Waals surface area contributed by atoms with Crippen molar-refractivity contribution in [3.8, 4) is 28.4 Å². The molecule has 15 nitrogen and oxygen atoms in total. The van der Waals surface area contributed by atoms with Crippen LogP contribution in [0.5, 0.6) is 17.2 Å². The van der Waals surface area contributed by atoms with E-state index in [0.29, 0.717) is 48.0 Å². The smallest absolute Gasteiger partial charge is 0.312 e. The second-order valence-electron chi connectivity index (χ2n) is 18.6. The lowest BCUT2D eigenvalue weighted by molar-refractivity contribution is -0.386. The minimum atomic E-state index is -4.64. The number of hydrogen-bond donors (Lipinski definition) is 2. The number of ether oxygens (including phenoxy) is 3. The minimum absolute atomic E-state index is 0.0581. The molecular formula is C52H56ClN7O8S. The fourth-order valence-corrected chi connectivity index (χ4v) is 10.7. The highest BCUT2D eigenvalue weighted by Gasteiger charge is 2.31. The minimum Gasteiger partial charge on any atom is -0.485 e. The van der Waals surface area contributed by atoms with Crippen molar-refractivity contribution >= 4 is 55.5 Å². The molecule has 360 valence electrons. The number of carbonyl (C=O) groups is 1. The number of para-hydroxylation sites is 1. The molecule has 2 aromatic heterocycles.